The number of carbonyl (C=O) groups is 2. The van der Waals surface area contributed by atoms with Gasteiger partial charge in [0.25, 0.3) is 0 Å². The molecule has 0 rings (SSSR count). The van der Waals surface area contributed by atoms with Gasteiger partial charge in [-0.05, 0) is 33.6 Å². The molecule has 0 saturated heterocycles. The topological polar surface area (TPSA) is 69.6 Å². The van der Waals surface area contributed by atoms with Gasteiger partial charge in [-0.2, -0.15) is 0 Å². The molecule has 0 bridgehead atoms. The molecular weight excluding hydrogens is 232 g/mol. The average Bonchev–Trinajstić information content (AvgIpc) is 2.27. The highest BCUT2D eigenvalue weighted by Crippen LogP contribution is 2.15. The number of hydrogen-bond acceptors (Lipinski definition) is 2. The molecule has 0 aliphatic carbocycles. The number of carbonyl (C=O) groups excluding carboxylic acids is 1. The van der Waals surface area contributed by atoms with Gasteiger partial charge in [-0.3, -0.25) is 0 Å². The minimum atomic E-state index is -1.20. The lowest BCUT2D eigenvalue weighted by atomic mass is 10.0. The van der Waals surface area contributed by atoms with Crippen LogP contribution in [0.2, 0.25) is 0 Å². The number of amides is 2. The monoisotopic (exact) mass is 258 g/mol. The Kier molecular flexibility index (Phi) is 6.15. The Bertz CT molecular complexity index is 303. The second kappa shape index (κ2) is 6.61. The Morgan fingerprint density at radius 3 is 2.11 bits per heavy atom. The van der Waals surface area contributed by atoms with E-state index in [9.17, 15) is 9.59 Å². The Morgan fingerprint density at radius 2 is 1.78 bits per heavy atom. The average molecular weight is 258 g/mol. The van der Waals surface area contributed by atoms with E-state index in [2.05, 4.69) is 19.2 Å². The minimum absolute atomic E-state index is 0.0288. The van der Waals surface area contributed by atoms with Crippen molar-refractivity contribution < 1.29 is 14.7 Å². The third kappa shape index (κ3) is 3.89. The second-order valence-electron chi connectivity index (χ2n) is 5.23. The SMILES string of the molecule is CCC(C)C(C)NC(=O)N(CC)C(C)(C)C(=O)O. The first-order valence-corrected chi connectivity index (χ1v) is 6.49. The fourth-order valence-electron chi connectivity index (χ4n) is 1.68. The van der Waals surface area contributed by atoms with Gasteiger partial charge in [0, 0.05) is 12.6 Å². The summed E-state index contributed by atoms with van der Waals surface area (Å²) in [5, 5.41) is 12.0. The molecule has 0 aliphatic rings. The quantitative estimate of drug-likeness (QED) is 0.768. The number of nitrogens with one attached hydrogen (secondary N) is 1. The van der Waals surface area contributed by atoms with Crippen molar-refractivity contribution >= 4 is 12.0 Å². The third-order valence-corrected chi connectivity index (χ3v) is 3.61. The molecule has 2 unspecified atom stereocenters. The van der Waals surface area contributed by atoms with Gasteiger partial charge in [0.1, 0.15) is 5.54 Å². The molecule has 2 N–H and O–H groups in total. The van der Waals surface area contributed by atoms with Crippen molar-refractivity contribution in [2.45, 2.75) is 59.5 Å². The standard InChI is InChI=1S/C13H26N2O3/c1-7-9(3)10(4)14-12(18)15(8-2)13(5,6)11(16)17/h9-10H,7-8H2,1-6H3,(H,14,18)(H,16,17). The van der Waals surface area contributed by atoms with Gasteiger partial charge in [-0.25, -0.2) is 9.59 Å². The highest BCUT2D eigenvalue weighted by molar-refractivity contribution is 5.85. The van der Waals surface area contributed by atoms with E-state index in [4.69, 9.17) is 5.11 Å². The Balaban J connectivity index is 4.79. The fourth-order valence-corrected chi connectivity index (χ4v) is 1.68. The lowest BCUT2D eigenvalue weighted by molar-refractivity contribution is -0.147. The van der Waals surface area contributed by atoms with Crippen LogP contribution in [0.1, 0.15) is 48.0 Å². The number of carboxylic acid groups (broad SMARTS) is 1. The van der Waals surface area contributed by atoms with Crippen molar-refractivity contribution in [2.75, 3.05) is 6.54 Å². The normalized spacial score (nSPS) is 14.8. The number of aliphatic carboxylic acids is 1. The largest absolute Gasteiger partial charge is 0.480 e. The molecular formula is C13H26N2O3. The summed E-state index contributed by atoms with van der Waals surface area (Å²) in [6.07, 6.45) is 0.968. The van der Waals surface area contributed by atoms with Crippen LogP contribution in [0.3, 0.4) is 0 Å². The van der Waals surface area contributed by atoms with Gasteiger partial charge < -0.3 is 15.3 Å². The van der Waals surface area contributed by atoms with Crippen molar-refractivity contribution in [3.63, 3.8) is 0 Å². The number of urea groups is 1. The van der Waals surface area contributed by atoms with E-state index in [-0.39, 0.29) is 12.1 Å². The van der Waals surface area contributed by atoms with Crippen molar-refractivity contribution in [2.24, 2.45) is 5.92 Å². The number of nitrogens with zero attached hydrogens (tertiary/aromatic N) is 1. The summed E-state index contributed by atoms with van der Waals surface area (Å²) in [5.41, 5.74) is -1.20. The molecule has 0 aliphatic heterocycles. The highest BCUT2D eigenvalue weighted by atomic mass is 16.4. The van der Waals surface area contributed by atoms with Crippen LogP contribution in [0, 0.1) is 5.92 Å². The van der Waals surface area contributed by atoms with Crippen molar-refractivity contribution in [1.82, 2.24) is 10.2 Å². The van der Waals surface area contributed by atoms with E-state index in [0.717, 1.165) is 6.42 Å². The molecule has 0 heterocycles. The summed E-state index contributed by atoms with van der Waals surface area (Å²) in [7, 11) is 0. The summed E-state index contributed by atoms with van der Waals surface area (Å²) in [6.45, 7) is 11.3. The predicted octanol–water partition coefficient (Wildman–Crippen LogP) is 2.32. The number of rotatable bonds is 6. The van der Waals surface area contributed by atoms with Crippen LogP contribution in [-0.4, -0.2) is 40.1 Å². The predicted molar refractivity (Wildman–Crippen MR) is 71.5 cm³/mol. The zero-order chi connectivity index (χ0) is 14.5. The summed E-state index contributed by atoms with van der Waals surface area (Å²) in [6, 6.07) is -0.293. The molecule has 5 nitrogen and oxygen atoms in total. The van der Waals surface area contributed by atoms with Gasteiger partial charge in [-0.1, -0.05) is 20.3 Å². The number of carboxylic acids is 1. The maximum atomic E-state index is 12.1. The molecule has 2 atom stereocenters. The highest BCUT2D eigenvalue weighted by Gasteiger charge is 2.37. The van der Waals surface area contributed by atoms with Crippen LogP contribution in [0.4, 0.5) is 4.79 Å². The maximum Gasteiger partial charge on any atom is 0.329 e. The molecule has 5 heteroatoms. The molecule has 2 amide bonds. The van der Waals surface area contributed by atoms with E-state index in [1.54, 1.807) is 6.92 Å². The molecule has 0 spiro atoms. The maximum absolute atomic E-state index is 12.1. The van der Waals surface area contributed by atoms with Gasteiger partial charge in [0.05, 0.1) is 0 Å². The summed E-state index contributed by atoms with van der Waals surface area (Å²) in [4.78, 5) is 24.6. The molecule has 18 heavy (non-hydrogen) atoms. The summed E-state index contributed by atoms with van der Waals surface area (Å²) < 4.78 is 0. The Hall–Kier alpha value is -1.26. The number of likely N-dealkylation sites (N-methyl/N-ethyl adjacent to an activating group) is 1. The molecule has 0 fully saturated rings. The molecule has 0 saturated carbocycles. The molecule has 0 aromatic rings. The first-order valence-electron chi connectivity index (χ1n) is 6.49. The van der Waals surface area contributed by atoms with Gasteiger partial charge in [0.15, 0.2) is 0 Å². The van der Waals surface area contributed by atoms with Gasteiger partial charge in [0.2, 0.25) is 0 Å². The van der Waals surface area contributed by atoms with Crippen LogP contribution in [0.5, 0.6) is 0 Å². The Labute approximate surface area is 110 Å². The number of hydrogen-bond donors (Lipinski definition) is 2. The van der Waals surface area contributed by atoms with Crippen LogP contribution < -0.4 is 5.32 Å². The third-order valence-electron chi connectivity index (χ3n) is 3.61. The van der Waals surface area contributed by atoms with Gasteiger partial charge in [-0.15, -0.1) is 0 Å². The van der Waals surface area contributed by atoms with E-state index in [1.807, 2.05) is 6.92 Å². The van der Waals surface area contributed by atoms with E-state index in [0.29, 0.717) is 12.5 Å². The zero-order valence-electron chi connectivity index (χ0n) is 12.3. The van der Waals surface area contributed by atoms with E-state index < -0.39 is 11.5 Å². The lowest BCUT2D eigenvalue weighted by Crippen LogP contribution is -2.57. The fraction of sp³-hybridized carbons (Fsp3) is 0.846. The summed E-state index contributed by atoms with van der Waals surface area (Å²) in [5.74, 6) is -0.642. The molecule has 0 aromatic carbocycles. The molecule has 0 radical (unpaired) electrons. The van der Waals surface area contributed by atoms with Gasteiger partial charge >= 0.3 is 12.0 Å². The second-order valence-corrected chi connectivity index (χ2v) is 5.23. The van der Waals surface area contributed by atoms with Crippen LogP contribution in [0.25, 0.3) is 0 Å². The zero-order valence-corrected chi connectivity index (χ0v) is 12.3. The lowest BCUT2D eigenvalue weighted by Gasteiger charge is -2.35. The smallest absolute Gasteiger partial charge is 0.329 e. The van der Waals surface area contributed by atoms with Crippen LogP contribution >= 0.6 is 0 Å². The van der Waals surface area contributed by atoms with Crippen molar-refractivity contribution in [1.29, 1.82) is 0 Å². The first kappa shape index (κ1) is 16.7. The van der Waals surface area contributed by atoms with Crippen LogP contribution in [0.15, 0.2) is 0 Å². The minimum Gasteiger partial charge on any atom is -0.480 e. The van der Waals surface area contributed by atoms with Crippen LogP contribution in [-0.2, 0) is 4.79 Å². The van der Waals surface area contributed by atoms with Crippen molar-refractivity contribution in [3.05, 3.63) is 0 Å². The first-order chi connectivity index (χ1) is 8.18. The van der Waals surface area contributed by atoms with Crippen molar-refractivity contribution in [3.8, 4) is 0 Å². The summed E-state index contributed by atoms with van der Waals surface area (Å²) >= 11 is 0. The molecule has 106 valence electrons. The van der Waals surface area contributed by atoms with E-state index in [1.165, 1.54) is 18.7 Å². The Morgan fingerprint density at radius 1 is 1.28 bits per heavy atom. The van der Waals surface area contributed by atoms with E-state index >= 15 is 0 Å². The molecule has 0 aromatic heterocycles.